The van der Waals surface area contributed by atoms with Crippen LogP contribution in [0.25, 0.3) is 0 Å². The minimum absolute atomic E-state index is 0.141. The van der Waals surface area contributed by atoms with Crippen molar-refractivity contribution < 1.29 is 17.2 Å². The molecule has 2 aromatic carbocycles. The Hall–Kier alpha value is -1.38. The zero-order chi connectivity index (χ0) is 17.5. The molecule has 0 saturated carbocycles. The van der Waals surface area contributed by atoms with Crippen LogP contribution in [0.2, 0.25) is 0 Å². The summed E-state index contributed by atoms with van der Waals surface area (Å²) in [5.41, 5.74) is 0.897. The molecule has 0 aromatic heterocycles. The van der Waals surface area contributed by atoms with Gasteiger partial charge in [0.25, 0.3) is 10.0 Å². The molecule has 1 aliphatic heterocycles. The zero-order valence-electron chi connectivity index (χ0n) is 13.7. The van der Waals surface area contributed by atoms with Crippen LogP contribution in [0.1, 0.15) is 31.0 Å². The number of aryl methyl sites for hydroxylation is 1. The van der Waals surface area contributed by atoms with Crippen molar-refractivity contribution in [2.45, 2.75) is 37.3 Å². The fourth-order valence-electron chi connectivity index (χ4n) is 2.81. The normalized spacial score (nSPS) is 24.2. The van der Waals surface area contributed by atoms with Crippen molar-refractivity contribution >= 4 is 21.7 Å². The smallest absolute Gasteiger partial charge is 0.203 e. The van der Waals surface area contributed by atoms with Crippen molar-refractivity contribution in [2.24, 2.45) is 0 Å². The minimum Gasteiger partial charge on any atom is -0.203 e. The highest BCUT2D eigenvalue weighted by Crippen LogP contribution is 2.47. The summed E-state index contributed by atoms with van der Waals surface area (Å²) in [4.78, 5) is 0.141. The molecule has 0 spiro atoms. The van der Waals surface area contributed by atoms with Crippen LogP contribution in [0.3, 0.4) is 0 Å². The lowest BCUT2D eigenvalue weighted by Gasteiger charge is -2.23. The van der Waals surface area contributed by atoms with Gasteiger partial charge in [0.15, 0.2) is 5.60 Å². The van der Waals surface area contributed by atoms with Crippen LogP contribution < -0.4 is 0 Å². The first-order chi connectivity index (χ1) is 11.2. The maximum atomic E-state index is 13.1. The van der Waals surface area contributed by atoms with Crippen molar-refractivity contribution in [2.75, 3.05) is 0 Å². The van der Waals surface area contributed by atoms with Crippen molar-refractivity contribution in [3.8, 4) is 0 Å². The number of hydrogen-bond donors (Lipinski definition) is 1. The van der Waals surface area contributed by atoms with E-state index in [9.17, 15) is 13.0 Å². The maximum absolute atomic E-state index is 13.1. The van der Waals surface area contributed by atoms with E-state index in [1.165, 1.54) is 0 Å². The second-order valence-corrected chi connectivity index (χ2v) is 9.37. The molecule has 1 heterocycles. The Labute approximate surface area is 145 Å². The van der Waals surface area contributed by atoms with Gasteiger partial charge < -0.3 is 0 Å². The van der Waals surface area contributed by atoms with Crippen molar-refractivity contribution in [3.63, 3.8) is 0 Å². The Kier molecular flexibility index (Phi) is 4.48. The third kappa shape index (κ3) is 2.98. The summed E-state index contributed by atoms with van der Waals surface area (Å²) in [6.07, 6.45) is 0. The first kappa shape index (κ1) is 17.4. The number of rotatable bonds is 3. The second-order valence-electron chi connectivity index (χ2n) is 6.30. The molecule has 1 aliphatic rings. The predicted molar refractivity (Wildman–Crippen MR) is 94.5 cm³/mol. The van der Waals surface area contributed by atoms with Gasteiger partial charge in [-0.05, 0) is 38.5 Å². The van der Waals surface area contributed by atoms with Crippen LogP contribution >= 0.6 is 0 Å². The molecule has 1 fully saturated rings. The number of benzene rings is 2. The molecule has 2 aromatic rings. The SMILES string of the molecule is Cc1ccc(S(=O)(=O)N2[C@H](c3ccccc3)C(C)(C)O[S+]2O)cc1. The first-order valence-corrected chi connectivity index (χ1v) is 10.0. The van der Waals surface area contributed by atoms with E-state index >= 15 is 0 Å². The Balaban J connectivity index is 2.11. The Bertz CT molecular complexity index is 819. The summed E-state index contributed by atoms with van der Waals surface area (Å²) in [5.74, 6) is 0. The van der Waals surface area contributed by atoms with Gasteiger partial charge in [-0.25, -0.2) is 8.42 Å². The molecule has 0 aliphatic carbocycles. The van der Waals surface area contributed by atoms with Crippen molar-refractivity contribution in [3.05, 3.63) is 65.7 Å². The predicted octanol–water partition coefficient (Wildman–Crippen LogP) is 3.46. The third-order valence-corrected chi connectivity index (χ3v) is 7.60. The highest BCUT2D eigenvalue weighted by atomic mass is 32.3. The van der Waals surface area contributed by atoms with E-state index in [0.29, 0.717) is 0 Å². The van der Waals surface area contributed by atoms with Gasteiger partial charge in [-0.15, -0.1) is 8.74 Å². The van der Waals surface area contributed by atoms with Crippen LogP contribution in [0.5, 0.6) is 0 Å². The first-order valence-electron chi connectivity index (χ1n) is 7.52. The molecular formula is C17H20NO4S2+. The monoisotopic (exact) mass is 366 g/mol. The van der Waals surface area contributed by atoms with Gasteiger partial charge in [0, 0.05) is 0 Å². The molecular weight excluding hydrogens is 346 g/mol. The summed E-state index contributed by atoms with van der Waals surface area (Å²) >= 11 is -1.84. The molecule has 0 radical (unpaired) electrons. The van der Waals surface area contributed by atoms with Crippen LogP contribution in [-0.4, -0.2) is 22.3 Å². The second kappa shape index (κ2) is 6.16. The van der Waals surface area contributed by atoms with E-state index in [-0.39, 0.29) is 4.90 Å². The molecule has 0 bridgehead atoms. The lowest BCUT2D eigenvalue weighted by Crippen LogP contribution is -2.38. The van der Waals surface area contributed by atoms with Gasteiger partial charge in [-0.2, -0.15) is 0 Å². The molecule has 1 N–H and O–H groups in total. The average molecular weight is 366 g/mol. The summed E-state index contributed by atoms with van der Waals surface area (Å²) in [7, 11) is -3.90. The van der Waals surface area contributed by atoms with Crippen LogP contribution in [0, 0.1) is 6.92 Å². The molecule has 3 rings (SSSR count). The van der Waals surface area contributed by atoms with E-state index in [4.69, 9.17) is 4.18 Å². The lowest BCUT2D eigenvalue weighted by atomic mass is 9.93. The van der Waals surface area contributed by atoms with Crippen molar-refractivity contribution in [1.82, 2.24) is 3.71 Å². The van der Waals surface area contributed by atoms with Crippen LogP contribution in [0.4, 0.5) is 0 Å². The van der Waals surface area contributed by atoms with E-state index < -0.39 is 33.3 Å². The summed E-state index contributed by atoms with van der Waals surface area (Å²) in [6.45, 7) is 5.46. The fraction of sp³-hybridized carbons (Fsp3) is 0.294. The van der Waals surface area contributed by atoms with E-state index in [1.54, 1.807) is 38.1 Å². The quantitative estimate of drug-likeness (QED) is 0.845. The Morgan fingerprint density at radius 1 is 1.08 bits per heavy atom. The molecule has 1 saturated heterocycles. The van der Waals surface area contributed by atoms with E-state index in [1.807, 2.05) is 37.3 Å². The lowest BCUT2D eigenvalue weighted by molar-refractivity contribution is 0.110. The average Bonchev–Trinajstić information content (AvgIpc) is 2.78. The molecule has 5 nitrogen and oxygen atoms in total. The highest BCUT2D eigenvalue weighted by molar-refractivity contribution is 8.02. The fourth-order valence-corrected chi connectivity index (χ4v) is 6.28. The van der Waals surface area contributed by atoms with Gasteiger partial charge in [-0.1, -0.05) is 48.0 Å². The van der Waals surface area contributed by atoms with Gasteiger partial charge in [-0.3, -0.25) is 0 Å². The summed E-state index contributed by atoms with van der Waals surface area (Å²) in [6, 6.07) is 15.2. The molecule has 2 atom stereocenters. The zero-order valence-corrected chi connectivity index (χ0v) is 15.3. The maximum Gasteiger partial charge on any atom is 0.438 e. The number of sulfonamides is 1. The third-order valence-electron chi connectivity index (χ3n) is 3.98. The van der Waals surface area contributed by atoms with Crippen molar-refractivity contribution in [1.29, 1.82) is 0 Å². The molecule has 24 heavy (non-hydrogen) atoms. The van der Waals surface area contributed by atoms with E-state index in [2.05, 4.69) is 0 Å². The van der Waals surface area contributed by atoms with Gasteiger partial charge in [0.1, 0.15) is 6.04 Å². The molecule has 7 heteroatoms. The van der Waals surface area contributed by atoms with Gasteiger partial charge in [0.05, 0.1) is 8.61 Å². The van der Waals surface area contributed by atoms with Crippen LogP contribution in [0.15, 0.2) is 59.5 Å². The van der Waals surface area contributed by atoms with Crippen LogP contribution in [-0.2, 0) is 25.8 Å². The highest BCUT2D eigenvalue weighted by Gasteiger charge is 2.64. The number of hydrogen-bond acceptors (Lipinski definition) is 4. The summed E-state index contributed by atoms with van der Waals surface area (Å²) in [5, 5.41) is 0. The largest absolute Gasteiger partial charge is 0.438 e. The Morgan fingerprint density at radius 3 is 2.25 bits per heavy atom. The van der Waals surface area contributed by atoms with Gasteiger partial charge >= 0.3 is 11.6 Å². The molecule has 128 valence electrons. The topological polar surface area (TPSA) is 66.8 Å². The molecule has 1 unspecified atom stereocenters. The molecule has 0 amide bonds. The number of nitrogens with zero attached hydrogens (tertiary/aromatic N) is 1. The van der Waals surface area contributed by atoms with Gasteiger partial charge in [0.2, 0.25) is 0 Å². The van der Waals surface area contributed by atoms with E-state index in [0.717, 1.165) is 14.8 Å². The summed E-state index contributed by atoms with van der Waals surface area (Å²) < 4.78 is 43.3. The standard InChI is InChI=1S/C17H20NO4S2/c1-13-9-11-15(12-10-13)24(20,21)18-16(14-7-5-4-6-8-14)17(2,3)22-23(18)19/h4-12,16,19H,1-3H3/q+1/t16-,23?/m1/s1. The Morgan fingerprint density at radius 2 is 1.67 bits per heavy atom. The minimum atomic E-state index is -3.90.